The third kappa shape index (κ3) is 3.51. The second-order valence-electron chi connectivity index (χ2n) is 5.62. The van der Waals surface area contributed by atoms with Crippen molar-refractivity contribution in [2.45, 2.75) is 38.6 Å². The monoisotopic (exact) mass is 421 g/mol. The van der Waals surface area contributed by atoms with Gasteiger partial charge in [0, 0.05) is 14.6 Å². The van der Waals surface area contributed by atoms with Crippen molar-refractivity contribution in [1.82, 2.24) is 5.32 Å². The van der Waals surface area contributed by atoms with Crippen LogP contribution < -0.4 is 5.32 Å². The van der Waals surface area contributed by atoms with Gasteiger partial charge in [0.15, 0.2) is 0 Å². The van der Waals surface area contributed by atoms with Gasteiger partial charge in [0.2, 0.25) is 0 Å². The Balaban J connectivity index is 2.21. The van der Waals surface area contributed by atoms with Gasteiger partial charge in [0.05, 0.1) is 11.0 Å². The second-order valence-corrected chi connectivity index (χ2v) is 7.22. The van der Waals surface area contributed by atoms with E-state index in [1.807, 2.05) is 0 Å². The molecule has 1 aromatic rings. The van der Waals surface area contributed by atoms with E-state index in [1.54, 1.807) is 25.1 Å². The van der Waals surface area contributed by atoms with Crippen LogP contribution >= 0.6 is 34.2 Å². The van der Waals surface area contributed by atoms with Gasteiger partial charge in [-0.25, -0.2) is 0 Å². The molecule has 0 aliphatic heterocycles. The fraction of sp³-hybridized carbons (Fsp3) is 0.467. The Bertz CT molecular complexity index is 578. The van der Waals surface area contributed by atoms with Crippen molar-refractivity contribution in [1.29, 1.82) is 0 Å². The molecule has 114 valence electrons. The van der Waals surface area contributed by atoms with E-state index in [-0.39, 0.29) is 11.9 Å². The highest BCUT2D eigenvalue weighted by Gasteiger charge is 2.44. The lowest BCUT2D eigenvalue weighted by atomic mass is 9.71. The van der Waals surface area contributed by atoms with Crippen molar-refractivity contribution < 1.29 is 14.7 Å². The summed E-state index contributed by atoms with van der Waals surface area (Å²) in [6.07, 6.45) is 3.08. The predicted octanol–water partition coefficient (Wildman–Crippen LogP) is 3.71. The summed E-state index contributed by atoms with van der Waals surface area (Å²) in [5, 5.41) is 12.9. The molecule has 0 saturated heterocycles. The topological polar surface area (TPSA) is 66.4 Å². The molecule has 2 unspecified atom stereocenters. The van der Waals surface area contributed by atoms with Crippen molar-refractivity contribution in [3.05, 3.63) is 32.4 Å². The van der Waals surface area contributed by atoms with E-state index in [1.165, 1.54) is 0 Å². The first-order valence-corrected chi connectivity index (χ1v) is 8.29. The van der Waals surface area contributed by atoms with Crippen LogP contribution in [0.15, 0.2) is 18.2 Å². The number of benzene rings is 1. The number of nitrogens with one attached hydrogen (secondary N) is 1. The van der Waals surface area contributed by atoms with Gasteiger partial charge in [-0.2, -0.15) is 0 Å². The third-order valence-electron chi connectivity index (χ3n) is 4.17. The van der Waals surface area contributed by atoms with Crippen LogP contribution in [0.4, 0.5) is 0 Å². The number of halogens is 2. The quantitative estimate of drug-likeness (QED) is 0.731. The number of amides is 1. The van der Waals surface area contributed by atoms with E-state index in [0.717, 1.165) is 16.4 Å². The zero-order valence-corrected chi connectivity index (χ0v) is 14.6. The van der Waals surface area contributed by atoms with E-state index < -0.39 is 11.4 Å². The fourth-order valence-electron chi connectivity index (χ4n) is 2.73. The maximum atomic E-state index is 12.4. The molecule has 1 aromatic carbocycles. The molecule has 21 heavy (non-hydrogen) atoms. The van der Waals surface area contributed by atoms with Crippen LogP contribution in [0, 0.1) is 8.99 Å². The lowest BCUT2D eigenvalue weighted by Gasteiger charge is -2.38. The van der Waals surface area contributed by atoms with Crippen molar-refractivity contribution in [3.63, 3.8) is 0 Å². The molecule has 0 spiro atoms. The second kappa shape index (κ2) is 6.52. The number of carbonyl (C=O) groups is 2. The number of carboxylic acids is 1. The van der Waals surface area contributed by atoms with Crippen LogP contribution in [-0.4, -0.2) is 23.0 Å². The van der Waals surface area contributed by atoms with E-state index in [4.69, 9.17) is 11.6 Å². The summed E-state index contributed by atoms with van der Waals surface area (Å²) in [7, 11) is 0. The molecule has 2 N–H and O–H groups in total. The first-order valence-electron chi connectivity index (χ1n) is 6.84. The average molecular weight is 422 g/mol. The van der Waals surface area contributed by atoms with Gasteiger partial charge in [-0.15, -0.1) is 0 Å². The lowest BCUT2D eigenvalue weighted by molar-refractivity contribution is -0.151. The van der Waals surface area contributed by atoms with Crippen LogP contribution in [0.25, 0.3) is 0 Å². The molecule has 6 heteroatoms. The molecule has 2 rings (SSSR count). The Morgan fingerprint density at radius 3 is 2.81 bits per heavy atom. The van der Waals surface area contributed by atoms with Crippen LogP contribution in [0.5, 0.6) is 0 Å². The number of hydrogen-bond donors (Lipinski definition) is 2. The first kappa shape index (κ1) is 16.5. The molecule has 0 aromatic heterocycles. The molecule has 0 heterocycles. The summed E-state index contributed by atoms with van der Waals surface area (Å²) >= 11 is 8.01. The maximum absolute atomic E-state index is 12.4. The molecule has 1 saturated carbocycles. The smallest absolute Gasteiger partial charge is 0.311 e. The van der Waals surface area contributed by atoms with Gasteiger partial charge >= 0.3 is 5.97 Å². The summed E-state index contributed by atoms with van der Waals surface area (Å²) in [4.78, 5) is 24.0. The maximum Gasteiger partial charge on any atom is 0.311 e. The van der Waals surface area contributed by atoms with Gasteiger partial charge in [-0.1, -0.05) is 24.4 Å². The normalized spacial score (nSPS) is 25.4. The fourth-order valence-corrected chi connectivity index (χ4v) is 3.48. The minimum atomic E-state index is -0.905. The standard InChI is InChI=1S/C15H17ClINO3/c1-15(14(20)21)7-3-2-4-12(15)18-13(19)10-8-9(16)5-6-11(10)17/h5-6,8,12H,2-4,7H2,1H3,(H,18,19)(H,20,21). The molecule has 1 amide bonds. The van der Waals surface area contributed by atoms with Gasteiger partial charge < -0.3 is 10.4 Å². The lowest BCUT2D eigenvalue weighted by Crippen LogP contribution is -2.52. The van der Waals surface area contributed by atoms with Crippen molar-refractivity contribution >= 4 is 46.1 Å². The molecule has 0 bridgehead atoms. The van der Waals surface area contributed by atoms with Gasteiger partial charge in [-0.05, 0) is 60.6 Å². The van der Waals surface area contributed by atoms with Crippen molar-refractivity contribution in [2.75, 3.05) is 0 Å². The third-order valence-corrected chi connectivity index (χ3v) is 5.35. The Labute approximate surface area is 142 Å². The summed E-state index contributed by atoms with van der Waals surface area (Å²) in [5.41, 5.74) is -0.417. The minimum Gasteiger partial charge on any atom is -0.481 e. The zero-order valence-electron chi connectivity index (χ0n) is 11.7. The molecule has 4 nitrogen and oxygen atoms in total. The van der Waals surface area contributed by atoms with Crippen LogP contribution in [0.1, 0.15) is 43.0 Å². The number of carbonyl (C=O) groups excluding carboxylic acids is 1. The first-order chi connectivity index (χ1) is 9.84. The molecule has 1 fully saturated rings. The van der Waals surface area contributed by atoms with Crippen LogP contribution in [-0.2, 0) is 4.79 Å². The average Bonchev–Trinajstić information content (AvgIpc) is 2.43. The van der Waals surface area contributed by atoms with E-state index in [0.29, 0.717) is 23.4 Å². The van der Waals surface area contributed by atoms with E-state index in [2.05, 4.69) is 27.9 Å². The number of hydrogen-bond acceptors (Lipinski definition) is 2. The SMILES string of the molecule is CC1(C(=O)O)CCCCC1NC(=O)c1cc(Cl)ccc1I. The molecule has 1 aliphatic carbocycles. The number of carboxylic acid groups (broad SMARTS) is 1. The largest absolute Gasteiger partial charge is 0.481 e. The molecular formula is C15H17ClINO3. The summed E-state index contributed by atoms with van der Waals surface area (Å²) in [5.74, 6) is -1.12. The molecular weight excluding hydrogens is 405 g/mol. The zero-order chi connectivity index (χ0) is 15.6. The highest BCUT2D eigenvalue weighted by Crippen LogP contribution is 2.36. The van der Waals surface area contributed by atoms with E-state index in [9.17, 15) is 14.7 Å². The summed E-state index contributed by atoms with van der Waals surface area (Å²) in [6, 6.07) is 4.75. The highest BCUT2D eigenvalue weighted by atomic mass is 127. The Kier molecular flexibility index (Phi) is 5.14. The van der Waals surface area contributed by atoms with Crippen LogP contribution in [0.2, 0.25) is 5.02 Å². The number of aliphatic carboxylic acids is 1. The van der Waals surface area contributed by atoms with Gasteiger partial charge in [0.25, 0.3) is 5.91 Å². The summed E-state index contributed by atoms with van der Waals surface area (Å²) in [6.45, 7) is 1.71. The van der Waals surface area contributed by atoms with Crippen molar-refractivity contribution in [2.24, 2.45) is 5.41 Å². The molecule has 1 aliphatic rings. The minimum absolute atomic E-state index is 0.263. The Morgan fingerprint density at radius 2 is 2.14 bits per heavy atom. The molecule has 2 atom stereocenters. The molecule has 0 radical (unpaired) electrons. The van der Waals surface area contributed by atoms with Crippen molar-refractivity contribution in [3.8, 4) is 0 Å². The van der Waals surface area contributed by atoms with E-state index >= 15 is 0 Å². The number of rotatable bonds is 3. The summed E-state index contributed by atoms with van der Waals surface area (Å²) < 4.78 is 0.794. The Morgan fingerprint density at radius 1 is 1.43 bits per heavy atom. The predicted molar refractivity (Wildman–Crippen MR) is 89.6 cm³/mol. The van der Waals surface area contributed by atoms with Gasteiger partial charge in [0.1, 0.15) is 0 Å². The van der Waals surface area contributed by atoms with Gasteiger partial charge in [-0.3, -0.25) is 9.59 Å². The highest BCUT2D eigenvalue weighted by molar-refractivity contribution is 14.1. The Hall–Kier alpha value is -0.820. The van der Waals surface area contributed by atoms with Crippen LogP contribution in [0.3, 0.4) is 0 Å².